The van der Waals surface area contributed by atoms with Gasteiger partial charge in [0, 0.05) is 12.1 Å². The summed E-state index contributed by atoms with van der Waals surface area (Å²) in [6, 6.07) is 3.98. The molecular formula is C15H26N2O. The quantitative estimate of drug-likeness (QED) is 0.893. The second-order valence-corrected chi connectivity index (χ2v) is 6.56. The molecule has 1 unspecified atom stereocenters. The first-order chi connectivity index (χ1) is 8.47. The summed E-state index contributed by atoms with van der Waals surface area (Å²) in [6.45, 7) is 6.29. The van der Waals surface area contributed by atoms with Gasteiger partial charge in [0.1, 0.15) is 5.76 Å². The van der Waals surface area contributed by atoms with Crippen molar-refractivity contribution in [3.63, 3.8) is 0 Å². The van der Waals surface area contributed by atoms with Crippen LogP contribution in [-0.4, -0.2) is 24.0 Å². The monoisotopic (exact) mass is 250 g/mol. The van der Waals surface area contributed by atoms with E-state index in [1.165, 1.54) is 25.7 Å². The molecule has 0 radical (unpaired) electrons. The highest BCUT2D eigenvalue weighted by Gasteiger charge is 2.41. The first-order valence-corrected chi connectivity index (χ1v) is 6.91. The number of rotatable bonds is 4. The third-order valence-corrected chi connectivity index (χ3v) is 4.47. The molecule has 1 heterocycles. The fourth-order valence-electron chi connectivity index (χ4n) is 3.42. The molecule has 1 aliphatic rings. The number of nitrogens with zero attached hydrogens (tertiary/aromatic N) is 1. The topological polar surface area (TPSA) is 42.4 Å². The highest BCUT2D eigenvalue weighted by atomic mass is 16.3. The molecule has 102 valence electrons. The van der Waals surface area contributed by atoms with Crippen LogP contribution in [0.5, 0.6) is 0 Å². The highest BCUT2D eigenvalue weighted by molar-refractivity contribution is 5.03. The molecule has 1 fully saturated rings. The van der Waals surface area contributed by atoms with Gasteiger partial charge in [-0.2, -0.15) is 0 Å². The average molecular weight is 250 g/mol. The van der Waals surface area contributed by atoms with E-state index in [1.54, 1.807) is 6.26 Å². The fourth-order valence-corrected chi connectivity index (χ4v) is 3.42. The Morgan fingerprint density at radius 3 is 2.72 bits per heavy atom. The van der Waals surface area contributed by atoms with Crippen molar-refractivity contribution in [2.24, 2.45) is 11.1 Å². The van der Waals surface area contributed by atoms with Crippen LogP contribution in [0.15, 0.2) is 22.8 Å². The summed E-state index contributed by atoms with van der Waals surface area (Å²) in [6.07, 6.45) is 6.69. The number of likely N-dealkylation sites (N-methyl/N-ethyl adjacent to an activating group) is 1. The molecule has 1 aliphatic carbocycles. The van der Waals surface area contributed by atoms with E-state index >= 15 is 0 Å². The van der Waals surface area contributed by atoms with Crippen molar-refractivity contribution in [1.29, 1.82) is 0 Å². The third kappa shape index (κ3) is 2.78. The molecule has 0 saturated heterocycles. The maximum absolute atomic E-state index is 6.12. The van der Waals surface area contributed by atoms with Crippen LogP contribution in [0.3, 0.4) is 0 Å². The summed E-state index contributed by atoms with van der Waals surface area (Å²) < 4.78 is 5.45. The van der Waals surface area contributed by atoms with Crippen molar-refractivity contribution < 1.29 is 4.42 Å². The van der Waals surface area contributed by atoms with Gasteiger partial charge in [-0.05, 0) is 43.9 Å². The number of hydrogen-bond donors (Lipinski definition) is 1. The van der Waals surface area contributed by atoms with Crippen LogP contribution >= 0.6 is 0 Å². The lowest BCUT2D eigenvalue weighted by Gasteiger charge is -2.49. The lowest BCUT2D eigenvalue weighted by atomic mass is 9.67. The smallest absolute Gasteiger partial charge is 0.117 e. The van der Waals surface area contributed by atoms with Gasteiger partial charge in [-0.1, -0.05) is 20.3 Å². The Balaban J connectivity index is 2.11. The lowest BCUT2D eigenvalue weighted by molar-refractivity contribution is 0.0186. The van der Waals surface area contributed by atoms with Crippen LogP contribution in [0.2, 0.25) is 0 Å². The van der Waals surface area contributed by atoms with Gasteiger partial charge >= 0.3 is 0 Å². The molecule has 2 N–H and O–H groups in total. The highest BCUT2D eigenvalue weighted by Crippen LogP contribution is 2.43. The number of furan rings is 1. The van der Waals surface area contributed by atoms with Crippen molar-refractivity contribution >= 4 is 0 Å². The third-order valence-electron chi connectivity index (χ3n) is 4.47. The zero-order valence-corrected chi connectivity index (χ0v) is 11.9. The summed E-state index contributed by atoms with van der Waals surface area (Å²) in [5.74, 6) is 1.02. The fraction of sp³-hybridized carbons (Fsp3) is 0.733. The van der Waals surface area contributed by atoms with Crippen molar-refractivity contribution in [1.82, 2.24) is 4.90 Å². The van der Waals surface area contributed by atoms with E-state index < -0.39 is 0 Å². The Morgan fingerprint density at radius 1 is 1.39 bits per heavy atom. The molecule has 3 heteroatoms. The van der Waals surface area contributed by atoms with Crippen molar-refractivity contribution in [2.75, 3.05) is 13.6 Å². The van der Waals surface area contributed by atoms with Crippen molar-refractivity contribution in [2.45, 2.75) is 51.6 Å². The van der Waals surface area contributed by atoms with E-state index in [1.807, 2.05) is 12.1 Å². The lowest BCUT2D eigenvalue weighted by Crippen LogP contribution is -2.55. The summed E-state index contributed by atoms with van der Waals surface area (Å²) in [7, 11) is 2.18. The maximum atomic E-state index is 6.12. The molecular weight excluding hydrogens is 224 g/mol. The Bertz CT molecular complexity index is 372. The molecule has 0 spiro atoms. The van der Waals surface area contributed by atoms with E-state index in [-0.39, 0.29) is 5.54 Å². The minimum Gasteiger partial charge on any atom is -0.468 e. The molecule has 2 rings (SSSR count). The van der Waals surface area contributed by atoms with E-state index in [0.717, 1.165) is 18.8 Å². The molecule has 1 saturated carbocycles. The van der Waals surface area contributed by atoms with Crippen LogP contribution in [0.25, 0.3) is 0 Å². The predicted octanol–water partition coefficient (Wildman–Crippen LogP) is 3.01. The summed E-state index contributed by atoms with van der Waals surface area (Å²) in [5, 5.41) is 0. The SMILES string of the molecule is CN(Cc1ccco1)C1(CN)CCCC(C)(C)C1. The van der Waals surface area contributed by atoms with E-state index in [9.17, 15) is 0 Å². The second kappa shape index (κ2) is 5.06. The van der Waals surface area contributed by atoms with Gasteiger partial charge in [0.15, 0.2) is 0 Å². The zero-order valence-electron chi connectivity index (χ0n) is 11.9. The molecule has 1 aromatic rings. The van der Waals surface area contributed by atoms with Crippen molar-refractivity contribution in [3.05, 3.63) is 24.2 Å². The number of hydrogen-bond acceptors (Lipinski definition) is 3. The van der Waals surface area contributed by atoms with Gasteiger partial charge in [0.2, 0.25) is 0 Å². The van der Waals surface area contributed by atoms with Crippen molar-refractivity contribution in [3.8, 4) is 0 Å². The van der Waals surface area contributed by atoms with Gasteiger partial charge in [0.25, 0.3) is 0 Å². The largest absolute Gasteiger partial charge is 0.468 e. The van der Waals surface area contributed by atoms with Crippen LogP contribution in [0.4, 0.5) is 0 Å². The van der Waals surface area contributed by atoms with Crippen LogP contribution < -0.4 is 5.73 Å². The predicted molar refractivity (Wildman–Crippen MR) is 74.2 cm³/mol. The minimum atomic E-state index is 0.133. The molecule has 0 amide bonds. The minimum absolute atomic E-state index is 0.133. The number of nitrogens with two attached hydrogens (primary N) is 1. The Morgan fingerprint density at radius 2 is 2.17 bits per heavy atom. The first-order valence-electron chi connectivity index (χ1n) is 6.91. The van der Waals surface area contributed by atoms with Crippen LogP contribution in [-0.2, 0) is 6.54 Å². The molecule has 0 bridgehead atoms. The Hall–Kier alpha value is -0.800. The summed E-state index contributed by atoms with van der Waals surface area (Å²) >= 11 is 0. The summed E-state index contributed by atoms with van der Waals surface area (Å²) in [4.78, 5) is 2.40. The van der Waals surface area contributed by atoms with Gasteiger partial charge in [0.05, 0.1) is 12.8 Å². The first kappa shape index (κ1) is 13.6. The Kier molecular flexibility index (Phi) is 3.83. The Labute approximate surface area is 110 Å². The van der Waals surface area contributed by atoms with Crippen LogP contribution in [0.1, 0.15) is 45.3 Å². The molecule has 18 heavy (non-hydrogen) atoms. The van der Waals surface area contributed by atoms with Crippen LogP contribution in [0, 0.1) is 5.41 Å². The normalized spacial score (nSPS) is 27.6. The molecule has 0 aromatic carbocycles. The van der Waals surface area contributed by atoms with Gasteiger partial charge in [-0.25, -0.2) is 0 Å². The molecule has 0 aliphatic heterocycles. The van der Waals surface area contributed by atoms with Gasteiger partial charge < -0.3 is 10.2 Å². The molecule has 3 nitrogen and oxygen atoms in total. The van der Waals surface area contributed by atoms with Gasteiger partial charge in [-0.15, -0.1) is 0 Å². The van der Waals surface area contributed by atoms with E-state index in [0.29, 0.717) is 5.41 Å². The molecule has 1 aromatic heterocycles. The van der Waals surface area contributed by atoms with Gasteiger partial charge in [-0.3, -0.25) is 4.90 Å². The van der Waals surface area contributed by atoms with E-state index in [2.05, 4.69) is 25.8 Å². The maximum Gasteiger partial charge on any atom is 0.117 e. The standard InChI is InChI=1S/C15H26N2O/c1-14(2)7-5-8-15(11-14,12-16)17(3)10-13-6-4-9-18-13/h4,6,9H,5,7-8,10-12,16H2,1-3H3. The second-order valence-electron chi connectivity index (χ2n) is 6.56. The average Bonchev–Trinajstić information content (AvgIpc) is 2.80. The molecule has 1 atom stereocenters. The zero-order chi connectivity index (χ0) is 13.2. The summed E-state index contributed by atoms with van der Waals surface area (Å²) in [5.41, 5.74) is 6.65. The van der Waals surface area contributed by atoms with E-state index in [4.69, 9.17) is 10.2 Å².